The SMILES string of the molecule is Cc1noc2c1[C@@H](c1cccc(Cl)c1)C1=C(C[C@H](c3ccccc3)CC1=O)N2. The van der Waals surface area contributed by atoms with Gasteiger partial charge in [-0.15, -0.1) is 0 Å². The monoisotopic (exact) mass is 390 g/mol. The van der Waals surface area contributed by atoms with Gasteiger partial charge in [0.1, 0.15) is 0 Å². The van der Waals surface area contributed by atoms with Gasteiger partial charge in [-0.25, -0.2) is 0 Å². The van der Waals surface area contributed by atoms with Gasteiger partial charge in [0.15, 0.2) is 5.78 Å². The lowest BCUT2D eigenvalue weighted by atomic mass is 9.72. The second kappa shape index (κ2) is 6.64. The largest absolute Gasteiger partial charge is 0.338 e. The van der Waals surface area contributed by atoms with Crippen molar-refractivity contribution in [3.8, 4) is 0 Å². The maximum atomic E-state index is 13.3. The van der Waals surface area contributed by atoms with Crippen molar-refractivity contribution in [2.75, 3.05) is 5.32 Å². The number of anilines is 1. The van der Waals surface area contributed by atoms with Crippen molar-refractivity contribution in [1.29, 1.82) is 0 Å². The van der Waals surface area contributed by atoms with Crippen LogP contribution in [0.4, 0.5) is 5.88 Å². The van der Waals surface area contributed by atoms with Crippen LogP contribution in [0, 0.1) is 6.92 Å². The van der Waals surface area contributed by atoms with Crippen molar-refractivity contribution < 1.29 is 9.32 Å². The number of fused-ring (bicyclic) bond motifs is 1. The summed E-state index contributed by atoms with van der Waals surface area (Å²) in [6.07, 6.45) is 1.27. The van der Waals surface area contributed by atoms with E-state index in [-0.39, 0.29) is 17.6 Å². The molecule has 1 aliphatic heterocycles. The normalized spacial score (nSPS) is 21.1. The fraction of sp³-hybridized carbons (Fsp3) is 0.217. The van der Waals surface area contributed by atoms with E-state index in [1.165, 1.54) is 5.56 Å². The molecule has 0 radical (unpaired) electrons. The Labute approximate surface area is 168 Å². The van der Waals surface area contributed by atoms with Crippen molar-refractivity contribution in [2.45, 2.75) is 31.6 Å². The minimum absolute atomic E-state index is 0.158. The van der Waals surface area contributed by atoms with E-state index in [1.807, 2.05) is 49.4 Å². The number of nitrogens with one attached hydrogen (secondary N) is 1. The Kier molecular flexibility index (Phi) is 4.09. The summed E-state index contributed by atoms with van der Waals surface area (Å²) in [5.41, 5.74) is 5.63. The van der Waals surface area contributed by atoms with E-state index in [2.05, 4.69) is 22.6 Å². The molecule has 1 aliphatic carbocycles. The average Bonchev–Trinajstić information content (AvgIpc) is 3.07. The Hall–Kier alpha value is -2.85. The molecule has 5 rings (SSSR count). The topological polar surface area (TPSA) is 55.1 Å². The van der Waals surface area contributed by atoms with Crippen molar-refractivity contribution in [2.24, 2.45) is 0 Å². The Balaban J connectivity index is 1.64. The van der Waals surface area contributed by atoms with E-state index in [1.54, 1.807) is 0 Å². The van der Waals surface area contributed by atoms with E-state index in [9.17, 15) is 4.79 Å². The molecule has 3 aromatic rings. The van der Waals surface area contributed by atoms with Crippen LogP contribution < -0.4 is 5.32 Å². The Bertz CT molecular complexity index is 1100. The molecule has 0 spiro atoms. The number of ketones is 1. The molecule has 0 unspecified atom stereocenters. The Morgan fingerprint density at radius 1 is 1.07 bits per heavy atom. The molecule has 4 nitrogen and oxygen atoms in total. The van der Waals surface area contributed by atoms with Crippen LogP contribution in [0.15, 0.2) is 70.4 Å². The van der Waals surface area contributed by atoms with Gasteiger partial charge in [-0.1, -0.05) is 59.2 Å². The summed E-state index contributed by atoms with van der Waals surface area (Å²) >= 11 is 6.26. The zero-order valence-electron chi connectivity index (χ0n) is 15.4. The van der Waals surface area contributed by atoms with Crippen LogP contribution in [-0.2, 0) is 4.79 Å². The first-order valence-electron chi connectivity index (χ1n) is 9.41. The lowest BCUT2D eigenvalue weighted by molar-refractivity contribution is -0.116. The second-order valence-electron chi connectivity index (χ2n) is 7.46. The Morgan fingerprint density at radius 2 is 1.86 bits per heavy atom. The standard InChI is InChI=1S/C23H19ClN2O2/c1-13-20-21(15-8-5-9-17(24)10-15)22-18(25-23(20)28-26-13)11-16(12-19(22)27)14-6-3-2-4-7-14/h2-10,16,21,25H,11-12H2,1H3/t16-,21+/m0/s1. The van der Waals surface area contributed by atoms with Gasteiger partial charge in [-0.05, 0) is 42.5 Å². The molecule has 5 heteroatoms. The van der Waals surface area contributed by atoms with Gasteiger partial charge in [0.2, 0.25) is 5.88 Å². The summed E-state index contributed by atoms with van der Waals surface area (Å²) in [4.78, 5) is 13.3. The predicted octanol–water partition coefficient (Wildman–Crippen LogP) is 5.59. The van der Waals surface area contributed by atoms with Crippen molar-refractivity contribution in [1.82, 2.24) is 5.16 Å². The zero-order valence-corrected chi connectivity index (χ0v) is 16.2. The molecule has 0 fully saturated rings. The van der Waals surface area contributed by atoms with Crippen molar-refractivity contribution in [3.63, 3.8) is 0 Å². The highest BCUT2D eigenvalue weighted by Gasteiger charge is 2.41. The molecule has 0 saturated heterocycles. The third-order valence-corrected chi connectivity index (χ3v) is 5.95. The predicted molar refractivity (Wildman–Crippen MR) is 109 cm³/mol. The van der Waals surface area contributed by atoms with E-state index < -0.39 is 0 Å². The highest BCUT2D eigenvalue weighted by atomic mass is 35.5. The number of hydrogen-bond acceptors (Lipinski definition) is 4. The quantitative estimate of drug-likeness (QED) is 0.619. The number of aromatic nitrogens is 1. The molecule has 2 aromatic carbocycles. The molecule has 0 saturated carbocycles. The lowest BCUT2D eigenvalue weighted by Crippen LogP contribution is -2.29. The third kappa shape index (κ3) is 2.76. The van der Waals surface area contributed by atoms with Gasteiger partial charge in [0.25, 0.3) is 0 Å². The van der Waals surface area contributed by atoms with E-state index in [4.69, 9.17) is 16.1 Å². The molecule has 0 amide bonds. The van der Waals surface area contributed by atoms with E-state index in [0.717, 1.165) is 34.5 Å². The number of allylic oxidation sites excluding steroid dienone is 2. The fourth-order valence-electron chi connectivity index (χ4n) is 4.45. The minimum Gasteiger partial charge on any atom is -0.338 e. The molecule has 140 valence electrons. The smallest absolute Gasteiger partial charge is 0.233 e. The minimum atomic E-state index is -0.208. The van der Waals surface area contributed by atoms with E-state index in [0.29, 0.717) is 17.3 Å². The summed E-state index contributed by atoms with van der Waals surface area (Å²) in [6.45, 7) is 1.91. The maximum Gasteiger partial charge on any atom is 0.233 e. The number of benzene rings is 2. The van der Waals surface area contributed by atoms with Gasteiger partial charge in [0.05, 0.1) is 11.3 Å². The van der Waals surface area contributed by atoms with Gasteiger partial charge < -0.3 is 9.84 Å². The van der Waals surface area contributed by atoms with Crippen molar-refractivity contribution >= 4 is 23.3 Å². The first-order valence-corrected chi connectivity index (χ1v) is 9.79. The summed E-state index contributed by atoms with van der Waals surface area (Å²) in [5.74, 6) is 0.743. The number of carbonyl (C=O) groups excluding carboxylic acids is 1. The first-order chi connectivity index (χ1) is 13.6. The molecule has 2 aliphatic rings. The zero-order chi connectivity index (χ0) is 19.3. The van der Waals surface area contributed by atoms with Crippen LogP contribution in [0.2, 0.25) is 5.02 Å². The molecular formula is C23H19ClN2O2. The summed E-state index contributed by atoms with van der Waals surface area (Å²) in [6, 6.07) is 17.9. The molecule has 28 heavy (non-hydrogen) atoms. The number of aryl methyl sites for hydroxylation is 1. The summed E-state index contributed by atoms with van der Waals surface area (Å²) in [7, 11) is 0. The van der Waals surface area contributed by atoms with Crippen LogP contribution in [0.3, 0.4) is 0 Å². The van der Waals surface area contributed by atoms with Gasteiger partial charge >= 0.3 is 0 Å². The second-order valence-corrected chi connectivity index (χ2v) is 7.89. The van der Waals surface area contributed by atoms with Crippen LogP contribution in [0.25, 0.3) is 0 Å². The lowest BCUT2D eigenvalue weighted by Gasteiger charge is -2.34. The maximum absolute atomic E-state index is 13.3. The van der Waals surface area contributed by atoms with Gasteiger partial charge in [0, 0.05) is 28.6 Å². The van der Waals surface area contributed by atoms with E-state index >= 15 is 0 Å². The van der Waals surface area contributed by atoms with Crippen molar-refractivity contribution in [3.05, 3.63) is 93.3 Å². The molecule has 1 aromatic heterocycles. The number of hydrogen-bond donors (Lipinski definition) is 1. The molecular weight excluding hydrogens is 372 g/mol. The van der Waals surface area contributed by atoms with Crippen LogP contribution in [0.1, 0.15) is 47.1 Å². The summed E-state index contributed by atoms with van der Waals surface area (Å²) in [5, 5.41) is 8.16. The van der Waals surface area contributed by atoms with Crippen LogP contribution >= 0.6 is 11.6 Å². The molecule has 1 N–H and O–H groups in total. The number of Topliss-reactive ketones (excluding diaryl/α,β-unsaturated/α-hetero) is 1. The Morgan fingerprint density at radius 3 is 2.64 bits per heavy atom. The molecule has 2 atom stereocenters. The highest BCUT2D eigenvalue weighted by molar-refractivity contribution is 6.30. The number of rotatable bonds is 2. The number of nitrogens with zero attached hydrogens (tertiary/aromatic N) is 1. The van der Waals surface area contributed by atoms with Gasteiger partial charge in [-0.3, -0.25) is 4.79 Å². The first kappa shape index (κ1) is 17.3. The summed E-state index contributed by atoms with van der Waals surface area (Å²) < 4.78 is 5.55. The number of halogens is 1. The molecule has 0 bridgehead atoms. The number of carbonyl (C=O) groups is 1. The third-order valence-electron chi connectivity index (χ3n) is 5.71. The van der Waals surface area contributed by atoms with Gasteiger partial charge in [-0.2, -0.15) is 0 Å². The highest BCUT2D eigenvalue weighted by Crippen LogP contribution is 2.49. The van der Waals surface area contributed by atoms with Crippen LogP contribution in [0.5, 0.6) is 0 Å². The van der Waals surface area contributed by atoms with Crippen LogP contribution in [-0.4, -0.2) is 10.9 Å². The average molecular weight is 391 g/mol. The molecule has 2 heterocycles. The fourth-order valence-corrected chi connectivity index (χ4v) is 4.65.